The Bertz CT molecular complexity index is 837. The number of hydrogen-bond donors (Lipinski definition) is 1. The van der Waals surface area contributed by atoms with E-state index in [1.165, 1.54) is 0 Å². The second-order valence-electron chi connectivity index (χ2n) is 5.30. The molecule has 2 amide bonds. The molecule has 0 aromatic heterocycles. The first kappa shape index (κ1) is 17.0. The number of benzene rings is 2. The number of carbonyl (C=O) groups excluding carboxylic acids is 2. The number of rotatable bonds is 4. The highest BCUT2D eigenvalue weighted by atomic mass is 35.5. The Morgan fingerprint density at radius 1 is 1.24 bits per heavy atom. The first-order valence-electron chi connectivity index (χ1n) is 7.76. The SMILES string of the molecule is CCOC(=O)CN1N=C(c2ccccc2)c2cc(Cl)ccc2NC1=O. The molecule has 0 spiro atoms. The van der Waals surface area contributed by atoms with Gasteiger partial charge in [0.05, 0.1) is 12.3 Å². The second kappa shape index (κ2) is 7.36. The molecule has 2 aromatic carbocycles. The maximum absolute atomic E-state index is 12.4. The van der Waals surface area contributed by atoms with Gasteiger partial charge in [0.25, 0.3) is 0 Å². The average Bonchev–Trinajstić information content (AvgIpc) is 2.73. The predicted octanol–water partition coefficient (Wildman–Crippen LogP) is 3.50. The largest absolute Gasteiger partial charge is 0.465 e. The van der Waals surface area contributed by atoms with Crippen LogP contribution in [0.1, 0.15) is 18.1 Å². The molecule has 6 nitrogen and oxygen atoms in total. The zero-order valence-corrected chi connectivity index (χ0v) is 14.3. The molecule has 0 aliphatic carbocycles. The molecule has 0 saturated heterocycles. The van der Waals surface area contributed by atoms with Crippen LogP contribution in [-0.2, 0) is 9.53 Å². The van der Waals surface area contributed by atoms with Crippen LogP contribution in [0.4, 0.5) is 10.5 Å². The van der Waals surface area contributed by atoms with E-state index in [2.05, 4.69) is 10.4 Å². The summed E-state index contributed by atoms with van der Waals surface area (Å²) in [7, 11) is 0. The lowest BCUT2D eigenvalue weighted by Crippen LogP contribution is -2.35. The molecule has 7 heteroatoms. The van der Waals surface area contributed by atoms with Crippen molar-refractivity contribution in [2.75, 3.05) is 18.5 Å². The number of hydrazone groups is 1. The van der Waals surface area contributed by atoms with E-state index in [1.807, 2.05) is 30.3 Å². The monoisotopic (exact) mass is 357 g/mol. The van der Waals surface area contributed by atoms with Gasteiger partial charge in [0, 0.05) is 16.1 Å². The van der Waals surface area contributed by atoms with Crippen LogP contribution < -0.4 is 5.32 Å². The van der Waals surface area contributed by atoms with Crippen LogP contribution in [0.25, 0.3) is 0 Å². The van der Waals surface area contributed by atoms with E-state index in [9.17, 15) is 9.59 Å². The number of ether oxygens (including phenoxy) is 1. The van der Waals surface area contributed by atoms with Crippen LogP contribution in [0.3, 0.4) is 0 Å². The van der Waals surface area contributed by atoms with Gasteiger partial charge in [-0.3, -0.25) is 4.79 Å². The van der Waals surface area contributed by atoms with Gasteiger partial charge < -0.3 is 10.1 Å². The molecule has 0 radical (unpaired) electrons. The summed E-state index contributed by atoms with van der Waals surface area (Å²) in [6.45, 7) is 1.66. The number of fused-ring (bicyclic) bond motifs is 1. The van der Waals surface area contributed by atoms with Crippen LogP contribution in [0.15, 0.2) is 53.6 Å². The summed E-state index contributed by atoms with van der Waals surface area (Å²) in [6.07, 6.45) is 0. The smallest absolute Gasteiger partial charge is 0.342 e. The van der Waals surface area contributed by atoms with Crippen molar-refractivity contribution in [3.8, 4) is 0 Å². The van der Waals surface area contributed by atoms with E-state index < -0.39 is 12.0 Å². The third-order valence-corrected chi connectivity index (χ3v) is 3.80. The highest BCUT2D eigenvalue weighted by molar-refractivity contribution is 6.31. The average molecular weight is 358 g/mol. The van der Waals surface area contributed by atoms with Gasteiger partial charge in [0.1, 0.15) is 12.3 Å². The van der Waals surface area contributed by atoms with Crippen LogP contribution >= 0.6 is 11.6 Å². The Hall–Kier alpha value is -2.86. The van der Waals surface area contributed by atoms with E-state index in [1.54, 1.807) is 25.1 Å². The minimum absolute atomic E-state index is 0.235. The zero-order chi connectivity index (χ0) is 17.8. The molecule has 0 unspecified atom stereocenters. The van der Waals surface area contributed by atoms with Crippen molar-refractivity contribution in [2.45, 2.75) is 6.92 Å². The molecule has 3 rings (SSSR count). The molecule has 25 heavy (non-hydrogen) atoms. The molecule has 0 atom stereocenters. The van der Waals surface area contributed by atoms with E-state index in [4.69, 9.17) is 16.3 Å². The van der Waals surface area contributed by atoms with Gasteiger partial charge in [0.2, 0.25) is 0 Å². The van der Waals surface area contributed by atoms with Crippen molar-refractivity contribution in [2.24, 2.45) is 5.10 Å². The number of nitrogens with one attached hydrogen (secondary N) is 1. The summed E-state index contributed by atoms with van der Waals surface area (Å²) in [5.74, 6) is -0.530. The summed E-state index contributed by atoms with van der Waals surface area (Å²) < 4.78 is 4.92. The predicted molar refractivity (Wildman–Crippen MR) is 95.9 cm³/mol. The molecule has 2 aromatic rings. The lowest BCUT2D eigenvalue weighted by molar-refractivity contribution is -0.143. The summed E-state index contributed by atoms with van der Waals surface area (Å²) in [6, 6.07) is 14.0. The number of amides is 2. The van der Waals surface area contributed by atoms with E-state index >= 15 is 0 Å². The zero-order valence-electron chi connectivity index (χ0n) is 13.5. The van der Waals surface area contributed by atoms with Gasteiger partial charge in [-0.15, -0.1) is 0 Å². The molecule has 1 aliphatic heterocycles. The fraction of sp³-hybridized carbons (Fsp3) is 0.167. The minimum Gasteiger partial charge on any atom is -0.465 e. The van der Waals surface area contributed by atoms with Gasteiger partial charge in [-0.25, -0.2) is 9.80 Å². The first-order valence-corrected chi connectivity index (χ1v) is 8.14. The van der Waals surface area contributed by atoms with Crippen molar-refractivity contribution in [3.63, 3.8) is 0 Å². The summed E-state index contributed by atoms with van der Waals surface area (Å²) in [5, 5.41) is 8.75. The molecule has 0 bridgehead atoms. The maximum atomic E-state index is 12.4. The van der Waals surface area contributed by atoms with Gasteiger partial charge in [-0.05, 0) is 25.1 Å². The second-order valence-corrected chi connectivity index (χ2v) is 5.73. The number of hydrogen-bond acceptors (Lipinski definition) is 4. The van der Waals surface area contributed by atoms with Crippen LogP contribution in [-0.4, -0.2) is 35.9 Å². The van der Waals surface area contributed by atoms with Gasteiger partial charge in [-0.1, -0.05) is 41.9 Å². The summed E-state index contributed by atoms with van der Waals surface area (Å²) in [5.41, 5.74) is 2.60. The standard InChI is InChI=1S/C18H16ClN3O3/c1-2-25-16(23)11-22-18(24)20-15-9-8-13(19)10-14(15)17(21-22)12-6-4-3-5-7-12/h3-10H,2,11H2,1H3,(H,20,24). The molecule has 0 saturated carbocycles. The Morgan fingerprint density at radius 3 is 2.72 bits per heavy atom. The number of urea groups is 1. The topological polar surface area (TPSA) is 71.0 Å². The molecule has 128 valence electrons. The number of nitrogens with zero attached hydrogens (tertiary/aromatic N) is 2. The first-order chi connectivity index (χ1) is 12.1. The molecular formula is C18H16ClN3O3. The van der Waals surface area contributed by atoms with E-state index in [-0.39, 0.29) is 13.2 Å². The summed E-state index contributed by atoms with van der Waals surface area (Å²) >= 11 is 6.13. The quantitative estimate of drug-likeness (QED) is 0.851. The highest BCUT2D eigenvalue weighted by Crippen LogP contribution is 2.27. The van der Waals surface area contributed by atoms with Crippen molar-refractivity contribution in [3.05, 3.63) is 64.7 Å². The number of esters is 1. The van der Waals surface area contributed by atoms with E-state index in [0.29, 0.717) is 22.0 Å². The van der Waals surface area contributed by atoms with Crippen molar-refractivity contribution >= 4 is 35.0 Å². The van der Waals surface area contributed by atoms with Gasteiger partial charge in [-0.2, -0.15) is 5.10 Å². The molecule has 0 fully saturated rings. The third kappa shape index (κ3) is 3.80. The van der Waals surface area contributed by atoms with E-state index in [0.717, 1.165) is 10.6 Å². The lowest BCUT2D eigenvalue weighted by atomic mass is 10.0. The van der Waals surface area contributed by atoms with Crippen LogP contribution in [0, 0.1) is 0 Å². The van der Waals surface area contributed by atoms with Crippen molar-refractivity contribution < 1.29 is 14.3 Å². The third-order valence-electron chi connectivity index (χ3n) is 3.56. The molecule has 1 N–H and O–H groups in total. The summed E-state index contributed by atoms with van der Waals surface area (Å²) in [4.78, 5) is 24.3. The maximum Gasteiger partial charge on any atom is 0.342 e. The normalized spacial score (nSPS) is 13.4. The number of carbonyl (C=O) groups is 2. The Morgan fingerprint density at radius 2 is 2.00 bits per heavy atom. The lowest BCUT2D eigenvalue weighted by Gasteiger charge is -2.15. The van der Waals surface area contributed by atoms with Crippen molar-refractivity contribution in [1.29, 1.82) is 0 Å². The number of anilines is 1. The Labute approximate surface area is 150 Å². The van der Waals surface area contributed by atoms with Crippen molar-refractivity contribution in [1.82, 2.24) is 5.01 Å². The Balaban J connectivity index is 2.08. The molecule has 1 aliphatic rings. The highest BCUT2D eigenvalue weighted by Gasteiger charge is 2.25. The number of halogens is 1. The van der Waals surface area contributed by atoms with Crippen LogP contribution in [0.2, 0.25) is 5.02 Å². The molecular weight excluding hydrogens is 342 g/mol. The Kier molecular flexibility index (Phi) is 5.00. The van der Waals surface area contributed by atoms with Gasteiger partial charge >= 0.3 is 12.0 Å². The van der Waals surface area contributed by atoms with Gasteiger partial charge in [0.15, 0.2) is 0 Å². The fourth-order valence-corrected chi connectivity index (χ4v) is 2.64. The van der Waals surface area contributed by atoms with Crippen LogP contribution in [0.5, 0.6) is 0 Å². The minimum atomic E-state index is -0.530. The molecule has 1 heterocycles. The fourth-order valence-electron chi connectivity index (χ4n) is 2.47.